The van der Waals surface area contributed by atoms with E-state index in [9.17, 15) is 9.59 Å². The number of hydrazone groups is 1. The monoisotopic (exact) mass is 379 g/mol. The van der Waals surface area contributed by atoms with E-state index in [4.69, 9.17) is 0 Å². The summed E-state index contributed by atoms with van der Waals surface area (Å²) in [4.78, 5) is 24.0. The predicted octanol–water partition coefficient (Wildman–Crippen LogP) is 2.79. The molecule has 3 rings (SSSR count). The third kappa shape index (κ3) is 5.29. The van der Waals surface area contributed by atoms with Crippen LogP contribution < -0.4 is 10.7 Å². The average Bonchev–Trinajstić information content (AvgIpc) is 3.10. The highest BCUT2D eigenvalue weighted by Crippen LogP contribution is 2.16. The largest absolute Gasteiger partial charge is 0.296 e. The van der Waals surface area contributed by atoms with Gasteiger partial charge in [0.05, 0.1) is 12.6 Å². The smallest absolute Gasteiger partial charge is 0.257 e. The van der Waals surface area contributed by atoms with E-state index in [1.807, 2.05) is 37.3 Å². The van der Waals surface area contributed by atoms with Gasteiger partial charge in [0, 0.05) is 5.56 Å². The van der Waals surface area contributed by atoms with E-state index in [0.717, 1.165) is 22.5 Å². The van der Waals surface area contributed by atoms with Gasteiger partial charge in [-0.1, -0.05) is 53.8 Å². The molecule has 0 atom stereocenters. The van der Waals surface area contributed by atoms with Crippen molar-refractivity contribution in [2.75, 3.05) is 5.32 Å². The van der Waals surface area contributed by atoms with Crippen LogP contribution in [0.15, 0.2) is 59.7 Å². The molecule has 136 valence electrons. The fourth-order valence-corrected chi connectivity index (χ4v) is 2.95. The highest BCUT2D eigenvalue weighted by molar-refractivity contribution is 7.15. The number of nitrogens with zero attached hydrogens (tertiary/aromatic N) is 3. The van der Waals surface area contributed by atoms with Crippen molar-refractivity contribution in [3.63, 3.8) is 0 Å². The Labute approximate surface area is 160 Å². The Kier molecular flexibility index (Phi) is 6.01. The van der Waals surface area contributed by atoms with E-state index in [2.05, 4.69) is 26.0 Å². The van der Waals surface area contributed by atoms with E-state index < -0.39 is 0 Å². The minimum absolute atomic E-state index is 0.0317. The van der Waals surface area contributed by atoms with Crippen LogP contribution in [0.2, 0.25) is 0 Å². The first-order valence-corrected chi connectivity index (χ1v) is 9.00. The second-order valence-corrected chi connectivity index (χ2v) is 6.71. The summed E-state index contributed by atoms with van der Waals surface area (Å²) >= 11 is 1.15. The van der Waals surface area contributed by atoms with Gasteiger partial charge in [0.2, 0.25) is 11.0 Å². The molecule has 0 fully saturated rings. The fraction of sp³-hybridized carbons (Fsp3) is 0.105. The number of carbonyl (C=O) groups is 2. The standard InChI is InChI=1S/C19H17N5O2S/c1-13-7-5-6-10-15(13)12-20-22-16(25)11-17-23-24-19(27-17)21-18(26)14-8-3-2-4-9-14/h2-10,12H,11H2,1H3,(H,22,25)(H,21,24,26)/b20-12+. The van der Waals surface area contributed by atoms with Gasteiger partial charge in [0.1, 0.15) is 5.01 Å². The number of hydrogen-bond donors (Lipinski definition) is 2. The maximum absolute atomic E-state index is 12.1. The van der Waals surface area contributed by atoms with E-state index in [0.29, 0.717) is 15.7 Å². The molecule has 7 nitrogen and oxygen atoms in total. The third-order valence-corrected chi connectivity index (χ3v) is 4.46. The number of nitrogens with one attached hydrogen (secondary N) is 2. The average molecular weight is 379 g/mol. The lowest BCUT2D eigenvalue weighted by Gasteiger charge is -2.00. The molecule has 3 aromatic rings. The first-order valence-electron chi connectivity index (χ1n) is 8.18. The van der Waals surface area contributed by atoms with Gasteiger partial charge in [-0.3, -0.25) is 14.9 Å². The first-order chi connectivity index (χ1) is 13.1. The molecule has 0 saturated heterocycles. The number of rotatable bonds is 6. The molecule has 2 aromatic carbocycles. The number of aryl methyl sites for hydroxylation is 1. The lowest BCUT2D eigenvalue weighted by atomic mass is 10.1. The molecule has 0 aliphatic rings. The topological polar surface area (TPSA) is 96.3 Å². The number of amides is 2. The van der Waals surface area contributed by atoms with Crippen molar-refractivity contribution < 1.29 is 9.59 Å². The maximum Gasteiger partial charge on any atom is 0.257 e. The Balaban J connectivity index is 1.52. The van der Waals surface area contributed by atoms with Gasteiger partial charge in [0.25, 0.3) is 5.91 Å². The zero-order valence-corrected chi connectivity index (χ0v) is 15.4. The number of aromatic nitrogens is 2. The van der Waals surface area contributed by atoms with E-state index in [-0.39, 0.29) is 18.2 Å². The summed E-state index contributed by atoms with van der Waals surface area (Å²) in [6, 6.07) is 16.5. The van der Waals surface area contributed by atoms with Crippen molar-refractivity contribution in [3.8, 4) is 0 Å². The molecule has 1 aromatic heterocycles. The molecule has 27 heavy (non-hydrogen) atoms. The number of hydrogen-bond acceptors (Lipinski definition) is 6. The lowest BCUT2D eigenvalue weighted by Crippen LogP contribution is -2.19. The van der Waals surface area contributed by atoms with Gasteiger partial charge in [-0.2, -0.15) is 5.10 Å². The van der Waals surface area contributed by atoms with Crippen LogP contribution in [0.25, 0.3) is 0 Å². The Morgan fingerprint density at radius 1 is 1.07 bits per heavy atom. The molecule has 0 saturated carbocycles. The van der Waals surface area contributed by atoms with Gasteiger partial charge in [-0.15, -0.1) is 10.2 Å². The SMILES string of the molecule is Cc1ccccc1/C=N/NC(=O)Cc1nnc(NC(=O)c2ccccc2)s1. The normalized spacial score (nSPS) is 10.7. The van der Waals surface area contributed by atoms with Crippen molar-refractivity contribution in [1.29, 1.82) is 0 Å². The quantitative estimate of drug-likeness (QED) is 0.508. The highest BCUT2D eigenvalue weighted by Gasteiger charge is 2.12. The minimum atomic E-state index is -0.308. The summed E-state index contributed by atoms with van der Waals surface area (Å²) in [6.45, 7) is 1.97. The Morgan fingerprint density at radius 2 is 1.81 bits per heavy atom. The van der Waals surface area contributed by atoms with Crippen molar-refractivity contribution in [1.82, 2.24) is 15.6 Å². The fourth-order valence-electron chi connectivity index (χ4n) is 2.22. The van der Waals surface area contributed by atoms with Crippen LogP contribution in [0.4, 0.5) is 5.13 Å². The summed E-state index contributed by atoms with van der Waals surface area (Å²) in [5, 5.41) is 15.3. The molecule has 2 amide bonds. The van der Waals surface area contributed by atoms with Gasteiger partial charge in [-0.05, 0) is 30.2 Å². The van der Waals surface area contributed by atoms with E-state index in [1.165, 1.54) is 0 Å². The molecule has 0 aliphatic carbocycles. The Hall–Kier alpha value is -3.39. The molecule has 8 heteroatoms. The summed E-state index contributed by atoms with van der Waals surface area (Å²) < 4.78 is 0. The third-order valence-electron chi connectivity index (χ3n) is 3.62. The van der Waals surface area contributed by atoms with Crippen LogP contribution in [-0.2, 0) is 11.2 Å². The second-order valence-electron chi connectivity index (χ2n) is 5.65. The molecule has 0 spiro atoms. The van der Waals surface area contributed by atoms with Gasteiger partial charge in [-0.25, -0.2) is 5.43 Å². The molecule has 0 aliphatic heterocycles. The van der Waals surface area contributed by atoms with Gasteiger partial charge in [0.15, 0.2) is 0 Å². The molecule has 0 radical (unpaired) electrons. The number of carbonyl (C=O) groups excluding carboxylic acids is 2. The van der Waals surface area contributed by atoms with Gasteiger partial charge < -0.3 is 0 Å². The lowest BCUT2D eigenvalue weighted by molar-refractivity contribution is -0.120. The number of anilines is 1. The predicted molar refractivity (Wildman–Crippen MR) is 105 cm³/mol. The maximum atomic E-state index is 12.1. The van der Waals surface area contributed by atoms with Crippen molar-refractivity contribution >= 4 is 34.5 Å². The summed E-state index contributed by atoms with van der Waals surface area (Å²) in [5.41, 5.74) is 4.99. The van der Waals surface area contributed by atoms with Crippen LogP contribution >= 0.6 is 11.3 Å². The summed E-state index contributed by atoms with van der Waals surface area (Å²) in [7, 11) is 0. The molecular formula is C19H17N5O2S. The number of benzene rings is 2. The molecule has 0 unspecified atom stereocenters. The van der Waals surface area contributed by atoms with Crippen LogP contribution in [0, 0.1) is 6.92 Å². The Morgan fingerprint density at radius 3 is 2.59 bits per heavy atom. The van der Waals surface area contributed by atoms with Crippen LogP contribution in [-0.4, -0.2) is 28.2 Å². The molecule has 0 bridgehead atoms. The van der Waals surface area contributed by atoms with E-state index >= 15 is 0 Å². The summed E-state index contributed by atoms with van der Waals surface area (Å²) in [6.07, 6.45) is 1.63. The van der Waals surface area contributed by atoms with Crippen molar-refractivity contribution in [2.24, 2.45) is 5.10 Å². The van der Waals surface area contributed by atoms with Crippen molar-refractivity contribution in [3.05, 3.63) is 76.3 Å². The highest BCUT2D eigenvalue weighted by atomic mass is 32.1. The molecule has 1 heterocycles. The van der Waals surface area contributed by atoms with Crippen molar-refractivity contribution in [2.45, 2.75) is 13.3 Å². The minimum Gasteiger partial charge on any atom is -0.296 e. The molecule has 2 N–H and O–H groups in total. The zero-order valence-electron chi connectivity index (χ0n) is 14.5. The molecular weight excluding hydrogens is 362 g/mol. The van der Waals surface area contributed by atoms with Crippen LogP contribution in [0.1, 0.15) is 26.5 Å². The second kappa shape index (κ2) is 8.81. The van der Waals surface area contributed by atoms with Gasteiger partial charge >= 0.3 is 0 Å². The van der Waals surface area contributed by atoms with E-state index in [1.54, 1.807) is 30.5 Å². The first kappa shape index (κ1) is 18.4. The van der Waals surface area contributed by atoms with Crippen LogP contribution in [0.5, 0.6) is 0 Å². The Bertz CT molecular complexity index is 969. The zero-order chi connectivity index (χ0) is 19.1. The summed E-state index contributed by atoms with van der Waals surface area (Å²) in [5.74, 6) is -0.581. The van der Waals surface area contributed by atoms with Crippen LogP contribution in [0.3, 0.4) is 0 Å².